The zero-order valence-corrected chi connectivity index (χ0v) is 11.7. The number of carboxylic acids is 1. The SMILES string of the molecule is O=C(O)c1cc(N2CCCCC2)nc(-c2ccccc2)n1. The first-order chi connectivity index (χ1) is 10.2. The molecule has 5 heteroatoms. The molecule has 1 saturated heterocycles. The fourth-order valence-electron chi connectivity index (χ4n) is 2.55. The van der Waals surface area contributed by atoms with E-state index in [0.29, 0.717) is 11.6 Å². The molecular weight excluding hydrogens is 266 g/mol. The van der Waals surface area contributed by atoms with Gasteiger partial charge in [0.05, 0.1) is 0 Å². The van der Waals surface area contributed by atoms with Gasteiger partial charge in [0.15, 0.2) is 11.5 Å². The second kappa shape index (κ2) is 5.91. The number of carbonyl (C=O) groups is 1. The quantitative estimate of drug-likeness (QED) is 0.938. The molecule has 108 valence electrons. The van der Waals surface area contributed by atoms with Gasteiger partial charge in [0, 0.05) is 24.7 Å². The Bertz CT molecular complexity index is 637. The summed E-state index contributed by atoms with van der Waals surface area (Å²) in [6.45, 7) is 1.84. The fourth-order valence-corrected chi connectivity index (χ4v) is 2.55. The van der Waals surface area contributed by atoms with Gasteiger partial charge in [-0.2, -0.15) is 0 Å². The monoisotopic (exact) mass is 283 g/mol. The lowest BCUT2D eigenvalue weighted by molar-refractivity contribution is 0.0690. The zero-order chi connectivity index (χ0) is 14.7. The summed E-state index contributed by atoms with van der Waals surface area (Å²) in [5, 5.41) is 9.27. The van der Waals surface area contributed by atoms with Crippen molar-refractivity contribution in [2.45, 2.75) is 19.3 Å². The number of anilines is 1. The van der Waals surface area contributed by atoms with Crippen LogP contribution in [-0.4, -0.2) is 34.1 Å². The molecular formula is C16H17N3O2. The predicted octanol–water partition coefficient (Wildman–Crippen LogP) is 2.83. The topological polar surface area (TPSA) is 66.3 Å². The first-order valence-corrected chi connectivity index (χ1v) is 7.17. The molecule has 5 nitrogen and oxygen atoms in total. The molecule has 2 heterocycles. The summed E-state index contributed by atoms with van der Waals surface area (Å²) in [4.78, 5) is 22.2. The van der Waals surface area contributed by atoms with Crippen LogP contribution >= 0.6 is 0 Å². The number of piperidine rings is 1. The van der Waals surface area contributed by atoms with E-state index in [1.165, 1.54) is 6.42 Å². The standard InChI is InChI=1S/C16H17N3O2/c20-16(21)13-11-14(19-9-5-2-6-10-19)18-15(17-13)12-7-3-1-4-8-12/h1,3-4,7-8,11H,2,5-6,9-10H2,(H,20,21). The highest BCUT2D eigenvalue weighted by atomic mass is 16.4. The molecule has 0 unspecified atom stereocenters. The number of nitrogens with zero attached hydrogens (tertiary/aromatic N) is 3. The first-order valence-electron chi connectivity index (χ1n) is 7.17. The Morgan fingerprint density at radius 2 is 1.76 bits per heavy atom. The minimum absolute atomic E-state index is 0.0458. The lowest BCUT2D eigenvalue weighted by atomic mass is 10.1. The first kappa shape index (κ1) is 13.5. The average Bonchev–Trinajstić information content (AvgIpc) is 2.56. The van der Waals surface area contributed by atoms with Crippen LogP contribution < -0.4 is 4.90 Å². The van der Waals surface area contributed by atoms with Gasteiger partial charge in [0.25, 0.3) is 0 Å². The number of aromatic carboxylic acids is 1. The molecule has 0 bridgehead atoms. The number of benzene rings is 1. The smallest absolute Gasteiger partial charge is 0.354 e. The van der Waals surface area contributed by atoms with E-state index in [1.807, 2.05) is 30.3 Å². The van der Waals surface area contributed by atoms with Crippen LogP contribution in [0.2, 0.25) is 0 Å². The predicted molar refractivity (Wildman–Crippen MR) is 80.5 cm³/mol. The van der Waals surface area contributed by atoms with Gasteiger partial charge < -0.3 is 10.0 Å². The molecule has 1 fully saturated rings. The van der Waals surface area contributed by atoms with E-state index in [-0.39, 0.29) is 5.69 Å². The highest BCUT2D eigenvalue weighted by Crippen LogP contribution is 2.22. The van der Waals surface area contributed by atoms with Crippen molar-refractivity contribution in [1.82, 2.24) is 9.97 Å². The van der Waals surface area contributed by atoms with E-state index in [2.05, 4.69) is 14.9 Å². The highest BCUT2D eigenvalue weighted by molar-refractivity contribution is 5.87. The van der Waals surface area contributed by atoms with E-state index in [1.54, 1.807) is 6.07 Å². The molecule has 1 aromatic heterocycles. The van der Waals surface area contributed by atoms with E-state index >= 15 is 0 Å². The number of carboxylic acid groups (broad SMARTS) is 1. The van der Waals surface area contributed by atoms with Gasteiger partial charge in [-0.05, 0) is 19.3 Å². The second-order valence-corrected chi connectivity index (χ2v) is 5.15. The molecule has 2 aromatic rings. The van der Waals surface area contributed by atoms with Crippen LogP contribution in [0.15, 0.2) is 36.4 Å². The molecule has 1 aliphatic rings. The Hall–Kier alpha value is -2.43. The fraction of sp³-hybridized carbons (Fsp3) is 0.312. The van der Waals surface area contributed by atoms with Gasteiger partial charge in [-0.25, -0.2) is 14.8 Å². The van der Waals surface area contributed by atoms with E-state index in [9.17, 15) is 9.90 Å². The largest absolute Gasteiger partial charge is 0.477 e. The van der Waals surface area contributed by atoms with Crippen molar-refractivity contribution < 1.29 is 9.90 Å². The Morgan fingerprint density at radius 1 is 1.05 bits per heavy atom. The lowest BCUT2D eigenvalue weighted by Crippen LogP contribution is -2.30. The number of hydrogen-bond donors (Lipinski definition) is 1. The van der Waals surface area contributed by atoms with Crippen LogP contribution in [0, 0.1) is 0 Å². The summed E-state index contributed by atoms with van der Waals surface area (Å²) in [5.74, 6) is 0.157. The van der Waals surface area contributed by atoms with Crippen LogP contribution in [0.1, 0.15) is 29.8 Å². The molecule has 1 aromatic carbocycles. The maximum absolute atomic E-state index is 11.3. The summed E-state index contributed by atoms with van der Waals surface area (Å²) in [6.07, 6.45) is 3.46. The number of hydrogen-bond acceptors (Lipinski definition) is 4. The van der Waals surface area contributed by atoms with Crippen molar-refractivity contribution in [3.05, 3.63) is 42.1 Å². The molecule has 1 N–H and O–H groups in total. The zero-order valence-electron chi connectivity index (χ0n) is 11.7. The van der Waals surface area contributed by atoms with Gasteiger partial charge in [-0.3, -0.25) is 0 Å². The molecule has 21 heavy (non-hydrogen) atoms. The van der Waals surface area contributed by atoms with Crippen molar-refractivity contribution in [3.8, 4) is 11.4 Å². The maximum Gasteiger partial charge on any atom is 0.354 e. The van der Waals surface area contributed by atoms with Crippen molar-refractivity contribution >= 4 is 11.8 Å². The van der Waals surface area contributed by atoms with Crippen LogP contribution in [-0.2, 0) is 0 Å². The van der Waals surface area contributed by atoms with Crippen molar-refractivity contribution in [3.63, 3.8) is 0 Å². The third-order valence-electron chi connectivity index (χ3n) is 3.64. The van der Waals surface area contributed by atoms with Crippen molar-refractivity contribution in [1.29, 1.82) is 0 Å². The van der Waals surface area contributed by atoms with E-state index < -0.39 is 5.97 Å². The number of rotatable bonds is 3. The Labute approximate surface area is 123 Å². The van der Waals surface area contributed by atoms with Crippen LogP contribution in [0.25, 0.3) is 11.4 Å². The summed E-state index contributed by atoms with van der Waals surface area (Å²) in [7, 11) is 0. The van der Waals surface area contributed by atoms with Crippen LogP contribution in [0.5, 0.6) is 0 Å². The molecule has 1 aliphatic heterocycles. The Morgan fingerprint density at radius 3 is 2.43 bits per heavy atom. The van der Waals surface area contributed by atoms with E-state index in [4.69, 9.17) is 0 Å². The molecule has 0 radical (unpaired) electrons. The third-order valence-corrected chi connectivity index (χ3v) is 3.64. The normalized spacial score (nSPS) is 15.0. The summed E-state index contributed by atoms with van der Waals surface area (Å²) in [5.41, 5.74) is 0.878. The van der Waals surface area contributed by atoms with Crippen molar-refractivity contribution in [2.24, 2.45) is 0 Å². The van der Waals surface area contributed by atoms with E-state index in [0.717, 1.165) is 31.5 Å². The second-order valence-electron chi connectivity index (χ2n) is 5.15. The molecule has 0 spiro atoms. The van der Waals surface area contributed by atoms with Gasteiger partial charge in [-0.1, -0.05) is 30.3 Å². The van der Waals surface area contributed by atoms with Gasteiger partial charge >= 0.3 is 5.97 Å². The molecule has 0 saturated carbocycles. The summed E-state index contributed by atoms with van der Waals surface area (Å²) >= 11 is 0. The molecule has 3 rings (SSSR count). The molecule has 0 amide bonds. The molecule has 0 aliphatic carbocycles. The summed E-state index contributed by atoms with van der Waals surface area (Å²) < 4.78 is 0. The number of aromatic nitrogens is 2. The van der Waals surface area contributed by atoms with Crippen LogP contribution in [0.3, 0.4) is 0 Å². The average molecular weight is 283 g/mol. The minimum atomic E-state index is -1.02. The van der Waals surface area contributed by atoms with Crippen LogP contribution in [0.4, 0.5) is 5.82 Å². The summed E-state index contributed by atoms with van der Waals surface area (Å²) in [6, 6.07) is 11.1. The maximum atomic E-state index is 11.3. The third kappa shape index (κ3) is 3.02. The van der Waals surface area contributed by atoms with Gasteiger partial charge in [0.2, 0.25) is 0 Å². The van der Waals surface area contributed by atoms with Gasteiger partial charge in [-0.15, -0.1) is 0 Å². The molecule has 0 atom stereocenters. The lowest BCUT2D eigenvalue weighted by Gasteiger charge is -2.28. The van der Waals surface area contributed by atoms with Gasteiger partial charge in [0.1, 0.15) is 5.82 Å². The Kier molecular flexibility index (Phi) is 3.81. The van der Waals surface area contributed by atoms with Crippen molar-refractivity contribution in [2.75, 3.05) is 18.0 Å². The highest BCUT2D eigenvalue weighted by Gasteiger charge is 2.17. The Balaban J connectivity index is 2.03. The minimum Gasteiger partial charge on any atom is -0.477 e.